The molecule has 0 fully saturated rings. The molecule has 0 saturated carbocycles. The van der Waals surface area contributed by atoms with E-state index in [1.165, 1.54) is 29.5 Å². The zero-order valence-electron chi connectivity index (χ0n) is 17.0. The second-order valence-electron chi connectivity index (χ2n) is 6.76. The number of hydrogen-bond donors (Lipinski definition) is 4. The summed E-state index contributed by atoms with van der Waals surface area (Å²) in [7, 11) is 1.64. The molecule has 1 aromatic carbocycles. The van der Waals surface area contributed by atoms with Crippen molar-refractivity contribution in [2.75, 3.05) is 31.9 Å². The molecule has 0 aliphatic rings. The minimum atomic E-state index is -0.777. The van der Waals surface area contributed by atoms with Gasteiger partial charge >= 0.3 is 0 Å². The van der Waals surface area contributed by atoms with Gasteiger partial charge in [0.2, 0.25) is 0 Å². The molecule has 11 heteroatoms. The number of carbonyl (C=O) groups is 1. The van der Waals surface area contributed by atoms with Crippen LogP contribution in [0.3, 0.4) is 0 Å². The van der Waals surface area contributed by atoms with E-state index in [2.05, 4.69) is 15.3 Å². The van der Waals surface area contributed by atoms with Crippen LogP contribution in [-0.4, -0.2) is 53.0 Å². The van der Waals surface area contributed by atoms with Crippen LogP contribution in [0.25, 0.3) is 11.1 Å². The molecule has 0 bridgehead atoms. The Hall–Kier alpha value is -2.69. The van der Waals surface area contributed by atoms with Crippen molar-refractivity contribution in [2.45, 2.75) is 6.04 Å². The van der Waals surface area contributed by atoms with Gasteiger partial charge in [-0.15, -0.1) is 0 Å². The summed E-state index contributed by atoms with van der Waals surface area (Å²) in [5, 5.41) is 22.9. The third kappa shape index (κ3) is 5.56. The molecule has 1 atom stereocenters. The molecule has 2 heterocycles. The van der Waals surface area contributed by atoms with Crippen molar-refractivity contribution in [3.8, 4) is 11.1 Å². The lowest BCUT2D eigenvalue weighted by Crippen LogP contribution is -2.31. The third-order valence-electron chi connectivity index (χ3n) is 4.61. The highest BCUT2D eigenvalue weighted by atomic mass is 35.5. The summed E-state index contributed by atoms with van der Waals surface area (Å²) < 4.78 is 13.4. The predicted octanol–water partition coefficient (Wildman–Crippen LogP) is 3.35. The minimum Gasteiger partial charge on any atom is -0.394 e. The molecule has 2 aromatic heterocycles. The van der Waals surface area contributed by atoms with Gasteiger partial charge in [-0.3, -0.25) is 9.63 Å². The molecule has 170 valence electrons. The van der Waals surface area contributed by atoms with Gasteiger partial charge in [0.15, 0.2) is 5.82 Å². The molecular weight excluding hydrogens is 462 g/mol. The number of hydroxylamine groups is 1. The number of pyridine rings is 1. The summed E-state index contributed by atoms with van der Waals surface area (Å²) in [4.78, 5) is 25.1. The van der Waals surface area contributed by atoms with E-state index in [0.717, 1.165) is 0 Å². The molecule has 3 rings (SSSR count). The highest BCUT2D eigenvalue weighted by Crippen LogP contribution is 2.31. The quantitative estimate of drug-likeness (QED) is 0.348. The fraction of sp³-hybridized carbons (Fsp3) is 0.238. The average Bonchev–Trinajstić information content (AvgIpc) is 3.28. The molecule has 0 aliphatic heterocycles. The van der Waals surface area contributed by atoms with Crippen LogP contribution in [0.1, 0.15) is 22.1 Å². The first kappa shape index (κ1) is 24.0. The van der Waals surface area contributed by atoms with Gasteiger partial charge in [0, 0.05) is 30.6 Å². The molecule has 0 spiro atoms. The lowest BCUT2D eigenvalue weighted by molar-refractivity contribution is 0.0814. The Bertz CT molecular complexity index is 1100. The number of H-pyrrole nitrogens is 1. The first-order valence-electron chi connectivity index (χ1n) is 9.52. The Balaban J connectivity index is 1.78. The highest BCUT2D eigenvalue weighted by Gasteiger charge is 2.19. The predicted molar refractivity (Wildman–Crippen MR) is 119 cm³/mol. The number of aliphatic hydroxyl groups excluding tert-OH is 2. The zero-order valence-corrected chi connectivity index (χ0v) is 18.5. The molecule has 4 N–H and O–H groups in total. The summed E-state index contributed by atoms with van der Waals surface area (Å²) in [6.45, 7) is -0.434. The Labute approximate surface area is 193 Å². The molecule has 32 heavy (non-hydrogen) atoms. The van der Waals surface area contributed by atoms with Gasteiger partial charge in [0.1, 0.15) is 11.5 Å². The standard InChI is InChI=1S/C21H21Cl2FN4O4/c1-28(32-5-4-29)20-8-14(16(23)10-26-20)13-7-18(25-9-13)21(31)27-19(11-30)12-2-3-17(24)15(22)6-12/h2-3,6-10,19,25,29-30H,4-5,11H2,1H3,(H,27,31)/t19-/m1/s1. The van der Waals surface area contributed by atoms with Crippen molar-refractivity contribution in [1.82, 2.24) is 15.3 Å². The van der Waals surface area contributed by atoms with Gasteiger partial charge in [-0.1, -0.05) is 29.3 Å². The van der Waals surface area contributed by atoms with Gasteiger partial charge in [0.25, 0.3) is 5.91 Å². The number of rotatable bonds is 9. The smallest absolute Gasteiger partial charge is 0.268 e. The molecule has 1 amide bonds. The topological polar surface area (TPSA) is 111 Å². The fourth-order valence-electron chi connectivity index (χ4n) is 2.95. The number of benzene rings is 1. The number of aromatic nitrogens is 2. The SMILES string of the molecule is CN(OCCO)c1cc(-c2c[nH]c(C(=O)N[C@H](CO)c3ccc(F)c(Cl)c3)c2)c(Cl)cn1. The zero-order chi connectivity index (χ0) is 23.3. The third-order valence-corrected chi connectivity index (χ3v) is 5.20. The van der Waals surface area contributed by atoms with E-state index >= 15 is 0 Å². The number of aromatic amines is 1. The number of hydrogen-bond acceptors (Lipinski definition) is 6. The number of amides is 1. The summed E-state index contributed by atoms with van der Waals surface area (Å²) in [6, 6.07) is 6.47. The Morgan fingerprint density at radius 1 is 1.28 bits per heavy atom. The van der Waals surface area contributed by atoms with Crippen molar-refractivity contribution in [3.05, 3.63) is 69.8 Å². The average molecular weight is 483 g/mol. The lowest BCUT2D eigenvalue weighted by atomic mass is 10.1. The number of nitrogens with one attached hydrogen (secondary N) is 2. The number of aliphatic hydroxyl groups is 2. The summed E-state index contributed by atoms with van der Waals surface area (Å²) >= 11 is 12.1. The maximum absolute atomic E-state index is 13.4. The first-order valence-corrected chi connectivity index (χ1v) is 10.3. The van der Waals surface area contributed by atoms with Crippen LogP contribution in [0.5, 0.6) is 0 Å². The van der Waals surface area contributed by atoms with Crippen LogP contribution >= 0.6 is 23.2 Å². The summed E-state index contributed by atoms with van der Waals surface area (Å²) in [5.74, 6) is -0.614. The molecule has 3 aromatic rings. The monoisotopic (exact) mass is 482 g/mol. The summed E-state index contributed by atoms with van der Waals surface area (Å²) in [6.07, 6.45) is 3.06. The van der Waals surface area contributed by atoms with E-state index in [4.69, 9.17) is 33.1 Å². The molecule has 0 aliphatic carbocycles. The molecule has 0 radical (unpaired) electrons. The Kier molecular flexibility index (Phi) is 8.05. The van der Waals surface area contributed by atoms with Crippen molar-refractivity contribution in [2.24, 2.45) is 0 Å². The van der Waals surface area contributed by atoms with Crippen molar-refractivity contribution in [1.29, 1.82) is 0 Å². The van der Waals surface area contributed by atoms with Crippen LogP contribution in [-0.2, 0) is 4.84 Å². The van der Waals surface area contributed by atoms with E-state index in [0.29, 0.717) is 27.5 Å². The van der Waals surface area contributed by atoms with Crippen LogP contribution < -0.4 is 10.4 Å². The van der Waals surface area contributed by atoms with Crippen molar-refractivity contribution < 1.29 is 24.2 Å². The van der Waals surface area contributed by atoms with Crippen molar-refractivity contribution >= 4 is 34.9 Å². The number of carbonyl (C=O) groups excluding carboxylic acids is 1. The number of nitrogens with zero attached hydrogens (tertiary/aromatic N) is 2. The normalized spacial score (nSPS) is 11.9. The second kappa shape index (κ2) is 10.8. The van der Waals surface area contributed by atoms with Gasteiger partial charge in [-0.25, -0.2) is 14.4 Å². The Morgan fingerprint density at radius 2 is 2.06 bits per heavy atom. The largest absolute Gasteiger partial charge is 0.394 e. The molecule has 0 unspecified atom stereocenters. The van der Waals surface area contributed by atoms with E-state index in [9.17, 15) is 14.3 Å². The Morgan fingerprint density at radius 3 is 2.75 bits per heavy atom. The maximum Gasteiger partial charge on any atom is 0.268 e. The number of anilines is 1. The van der Waals surface area contributed by atoms with Gasteiger partial charge < -0.3 is 20.5 Å². The molecular formula is C21H21Cl2FN4O4. The second-order valence-corrected chi connectivity index (χ2v) is 7.58. The van der Waals surface area contributed by atoms with Crippen LogP contribution in [0.15, 0.2) is 42.7 Å². The summed E-state index contributed by atoms with van der Waals surface area (Å²) in [5.41, 5.74) is 1.93. The van der Waals surface area contributed by atoms with Crippen LogP contribution in [0.4, 0.5) is 10.2 Å². The van der Waals surface area contributed by atoms with Crippen LogP contribution in [0.2, 0.25) is 10.0 Å². The first-order chi connectivity index (χ1) is 15.3. The van der Waals surface area contributed by atoms with Gasteiger partial charge in [-0.05, 0) is 29.8 Å². The van der Waals surface area contributed by atoms with E-state index in [-0.39, 0.29) is 23.9 Å². The molecule has 0 saturated heterocycles. The lowest BCUT2D eigenvalue weighted by Gasteiger charge is -2.18. The molecule has 8 nitrogen and oxygen atoms in total. The van der Waals surface area contributed by atoms with Gasteiger partial charge in [0.05, 0.1) is 35.9 Å². The van der Waals surface area contributed by atoms with E-state index in [1.54, 1.807) is 25.4 Å². The van der Waals surface area contributed by atoms with Gasteiger partial charge in [-0.2, -0.15) is 0 Å². The van der Waals surface area contributed by atoms with Crippen molar-refractivity contribution in [3.63, 3.8) is 0 Å². The highest BCUT2D eigenvalue weighted by molar-refractivity contribution is 6.33. The fourth-order valence-corrected chi connectivity index (χ4v) is 3.35. The van der Waals surface area contributed by atoms with E-state index < -0.39 is 24.4 Å². The maximum atomic E-state index is 13.4. The number of halogens is 3. The van der Waals surface area contributed by atoms with E-state index in [1.807, 2.05) is 0 Å². The minimum absolute atomic E-state index is 0.103. The van der Waals surface area contributed by atoms with Crippen LogP contribution in [0, 0.1) is 5.82 Å².